The van der Waals surface area contributed by atoms with E-state index >= 15 is 0 Å². The molecule has 0 fully saturated rings. The Balaban J connectivity index is 2.15. The van der Waals surface area contributed by atoms with E-state index in [2.05, 4.69) is 11.1 Å². The summed E-state index contributed by atoms with van der Waals surface area (Å²) < 4.78 is 5.96. The summed E-state index contributed by atoms with van der Waals surface area (Å²) in [4.78, 5) is 4.00. The number of ether oxygens (including phenoxy) is 1. The van der Waals surface area contributed by atoms with Crippen molar-refractivity contribution >= 4 is 0 Å². The van der Waals surface area contributed by atoms with Gasteiger partial charge in [-0.15, -0.1) is 0 Å². The van der Waals surface area contributed by atoms with Crippen molar-refractivity contribution in [2.75, 3.05) is 0 Å². The van der Waals surface area contributed by atoms with E-state index in [1.165, 1.54) is 0 Å². The number of nitrogens with two attached hydrogens (primary N) is 1. The molecule has 2 aromatic rings. The van der Waals surface area contributed by atoms with Gasteiger partial charge in [0, 0.05) is 18.4 Å². The van der Waals surface area contributed by atoms with Gasteiger partial charge < -0.3 is 10.5 Å². The average Bonchev–Trinajstić information content (AvgIpc) is 2.47. The summed E-state index contributed by atoms with van der Waals surface area (Å²) in [5, 5.41) is 8.65. The van der Waals surface area contributed by atoms with Gasteiger partial charge in [0.25, 0.3) is 0 Å². The molecule has 0 aliphatic carbocycles. The first-order valence-corrected chi connectivity index (χ1v) is 6.49. The lowest BCUT2D eigenvalue weighted by molar-refractivity contribution is 0.180. The third-order valence-electron chi connectivity index (χ3n) is 2.98. The molecule has 102 valence electrons. The average molecular weight is 267 g/mol. The van der Waals surface area contributed by atoms with E-state index in [1.54, 1.807) is 12.4 Å². The smallest absolute Gasteiger partial charge is 0.139 e. The Morgan fingerprint density at radius 2 is 1.85 bits per heavy atom. The largest absolute Gasteiger partial charge is 0.484 e. The van der Waals surface area contributed by atoms with Gasteiger partial charge in [0.05, 0.1) is 12.5 Å². The van der Waals surface area contributed by atoms with Crippen molar-refractivity contribution in [2.24, 2.45) is 5.73 Å². The molecule has 0 bridgehead atoms. The highest BCUT2D eigenvalue weighted by Crippen LogP contribution is 2.24. The first-order chi connectivity index (χ1) is 9.70. The molecule has 1 aromatic heterocycles. The number of rotatable bonds is 5. The Kier molecular flexibility index (Phi) is 4.70. The fraction of sp³-hybridized carbons (Fsp3) is 0.250. The number of hydrogen-bond acceptors (Lipinski definition) is 4. The third kappa shape index (κ3) is 3.56. The van der Waals surface area contributed by atoms with Crippen LogP contribution in [0, 0.1) is 11.3 Å². The van der Waals surface area contributed by atoms with E-state index in [1.807, 2.05) is 43.3 Å². The lowest BCUT2D eigenvalue weighted by Gasteiger charge is -2.22. The predicted octanol–water partition coefficient (Wildman–Crippen LogP) is 2.61. The predicted molar refractivity (Wildman–Crippen MR) is 77.0 cm³/mol. The quantitative estimate of drug-likeness (QED) is 0.903. The fourth-order valence-corrected chi connectivity index (χ4v) is 1.96. The van der Waals surface area contributed by atoms with Gasteiger partial charge in [-0.1, -0.05) is 12.1 Å². The van der Waals surface area contributed by atoms with E-state index < -0.39 is 0 Å². The Labute approximate surface area is 118 Å². The Bertz CT molecular complexity index is 573. The minimum Gasteiger partial charge on any atom is -0.484 e. The molecule has 0 spiro atoms. The van der Waals surface area contributed by atoms with Crippen LogP contribution in [0.15, 0.2) is 48.8 Å². The molecular weight excluding hydrogens is 250 g/mol. The Hall–Kier alpha value is -2.38. The van der Waals surface area contributed by atoms with Crippen LogP contribution in [0.5, 0.6) is 5.75 Å². The van der Waals surface area contributed by atoms with Crippen LogP contribution in [0.3, 0.4) is 0 Å². The molecule has 4 nitrogen and oxygen atoms in total. The SMILES string of the molecule is CC(N)C(Oc1ccc(CC#N)cc1)c1ccncc1. The van der Waals surface area contributed by atoms with E-state index in [4.69, 9.17) is 15.7 Å². The van der Waals surface area contributed by atoms with E-state index in [-0.39, 0.29) is 12.1 Å². The molecule has 4 heteroatoms. The van der Waals surface area contributed by atoms with Gasteiger partial charge in [-0.3, -0.25) is 4.98 Å². The minimum atomic E-state index is -0.222. The molecule has 20 heavy (non-hydrogen) atoms. The van der Waals surface area contributed by atoms with Crippen LogP contribution in [0.2, 0.25) is 0 Å². The standard InChI is InChI=1S/C16H17N3O/c1-12(18)16(14-7-10-19-11-8-14)20-15-4-2-13(3-5-15)6-9-17/h2-5,7-8,10-12,16H,6,18H2,1H3. The zero-order valence-corrected chi connectivity index (χ0v) is 11.4. The molecule has 0 aliphatic rings. The Morgan fingerprint density at radius 1 is 1.20 bits per heavy atom. The van der Waals surface area contributed by atoms with Crippen molar-refractivity contribution in [1.82, 2.24) is 4.98 Å². The monoisotopic (exact) mass is 267 g/mol. The maximum absolute atomic E-state index is 8.65. The number of nitriles is 1. The van der Waals surface area contributed by atoms with Gasteiger partial charge in [-0.2, -0.15) is 5.26 Å². The second kappa shape index (κ2) is 6.69. The number of benzene rings is 1. The highest BCUT2D eigenvalue weighted by Gasteiger charge is 2.18. The highest BCUT2D eigenvalue weighted by atomic mass is 16.5. The first-order valence-electron chi connectivity index (χ1n) is 6.49. The van der Waals surface area contributed by atoms with Crippen LogP contribution in [0.1, 0.15) is 24.2 Å². The van der Waals surface area contributed by atoms with Crippen molar-refractivity contribution in [3.8, 4) is 11.8 Å². The summed E-state index contributed by atoms with van der Waals surface area (Å²) >= 11 is 0. The summed E-state index contributed by atoms with van der Waals surface area (Å²) in [6, 6.07) is 13.3. The molecule has 0 aliphatic heterocycles. The Morgan fingerprint density at radius 3 is 2.40 bits per heavy atom. The van der Waals surface area contributed by atoms with Gasteiger partial charge in [0.2, 0.25) is 0 Å². The summed E-state index contributed by atoms with van der Waals surface area (Å²) in [7, 11) is 0. The summed E-state index contributed by atoms with van der Waals surface area (Å²) in [5.41, 5.74) is 7.98. The number of pyridine rings is 1. The minimum absolute atomic E-state index is 0.142. The van der Waals surface area contributed by atoms with Crippen molar-refractivity contribution in [3.05, 3.63) is 59.9 Å². The van der Waals surface area contributed by atoms with E-state index in [0.717, 1.165) is 16.9 Å². The fourth-order valence-electron chi connectivity index (χ4n) is 1.96. The molecule has 2 atom stereocenters. The molecule has 0 amide bonds. The van der Waals surface area contributed by atoms with Crippen molar-refractivity contribution in [2.45, 2.75) is 25.5 Å². The van der Waals surface area contributed by atoms with Crippen molar-refractivity contribution in [3.63, 3.8) is 0 Å². The molecule has 0 saturated heterocycles. The molecule has 1 aromatic carbocycles. The molecule has 2 N–H and O–H groups in total. The van der Waals surface area contributed by atoms with Crippen LogP contribution < -0.4 is 10.5 Å². The molecular formula is C16H17N3O. The number of hydrogen-bond donors (Lipinski definition) is 1. The third-order valence-corrected chi connectivity index (χ3v) is 2.98. The second-order valence-corrected chi connectivity index (χ2v) is 4.66. The maximum Gasteiger partial charge on any atom is 0.139 e. The normalized spacial score (nSPS) is 13.2. The van der Waals surface area contributed by atoms with Gasteiger partial charge >= 0.3 is 0 Å². The van der Waals surface area contributed by atoms with Crippen LogP contribution >= 0.6 is 0 Å². The molecule has 0 saturated carbocycles. The van der Waals surface area contributed by atoms with E-state index in [9.17, 15) is 0 Å². The second-order valence-electron chi connectivity index (χ2n) is 4.66. The molecule has 2 rings (SSSR count). The van der Waals surface area contributed by atoms with Crippen LogP contribution in [0.4, 0.5) is 0 Å². The van der Waals surface area contributed by atoms with Crippen LogP contribution in [0.25, 0.3) is 0 Å². The van der Waals surface area contributed by atoms with Gasteiger partial charge in [0.1, 0.15) is 11.9 Å². The summed E-state index contributed by atoms with van der Waals surface area (Å²) in [5.74, 6) is 0.741. The molecule has 0 radical (unpaired) electrons. The van der Waals surface area contributed by atoms with Crippen molar-refractivity contribution < 1.29 is 4.74 Å². The molecule has 1 heterocycles. The highest BCUT2D eigenvalue weighted by molar-refractivity contribution is 5.30. The lowest BCUT2D eigenvalue weighted by atomic mass is 10.1. The van der Waals surface area contributed by atoms with Crippen LogP contribution in [-0.2, 0) is 6.42 Å². The zero-order valence-electron chi connectivity index (χ0n) is 11.4. The van der Waals surface area contributed by atoms with E-state index in [0.29, 0.717) is 6.42 Å². The summed E-state index contributed by atoms with van der Waals surface area (Å²) in [6.45, 7) is 1.91. The maximum atomic E-state index is 8.65. The molecule has 2 unspecified atom stereocenters. The first kappa shape index (κ1) is 14.0. The topological polar surface area (TPSA) is 71.9 Å². The van der Waals surface area contributed by atoms with Crippen LogP contribution in [-0.4, -0.2) is 11.0 Å². The zero-order chi connectivity index (χ0) is 14.4. The number of nitrogens with zero attached hydrogens (tertiary/aromatic N) is 2. The van der Waals surface area contributed by atoms with Gasteiger partial charge in [0.15, 0.2) is 0 Å². The lowest BCUT2D eigenvalue weighted by Crippen LogP contribution is -2.29. The van der Waals surface area contributed by atoms with Gasteiger partial charge in [-0.25, -0.2) is 0 Å². The van der Waals surface area contributed by atoms with Gasteiger partial charge in [-0.05, 0) is 42.3 Å². The summed E-state index contributed by atoms with van der Waals surface area (Å²) in [6.07, 6.45) is 3.63. The van der Waals surface area contributed by atoms with Crippen molar-refractivity contribution in [1.29, 1.82) is 5.26 Å². The number of aromatic nitrogens is 1.